The standard InChI is InChI=1S/C12H9ClN4O5/c1-6-11(12(13)18)7(2)15(14-6)9-4-3-8(16(19)20)5-10(9)17(21)22/h3-5H,1-2H3. The van der Waals surface area contributed by atoms with Crippen molar-refractivity contribution in [2.45, 2.75) is 13.8 Å². The number of benzene rings is 1. The summed E-state index contributed by atoms with van der Waals surface area (Å²) in [5.41, 5.74) is -0.117. The Hall–Kier alpha value is -2.81. The summed E-state index contributed by atoms with van der Waals surface area (Å²) in [6.07, 6.45) is 0. The molecule has 114 valence electrons. The summed E-state index contributed by atoms with van der Waals surface area (Å²) in [5, 5.41) is 25.2. The molecular formula is C12H9ClN4O5. The molecule has 0 amide bonds. The molecule has 0 spiro atoms. The van der Waals surface area contributed by atoms with E-state index < -0.39 is 26.5 Å². The van der Waals surface area contributed by atoms with Gasteiger partial charge in [-0.05, 0) is 31.5 Å². The number of rotatable bonds is 4. The molecule has 0 radical (unpaired) electrons. The lowest BCUT2D eigenvalue weighted by atomic mass is 10.2. The lowest BCUT2D eigenvalue weighted by Gasteiger charge is -2.05. The van der Waals surface area contributed by atoms with E-state index in [0.29, 0.717) is 11.4 Å². The molecule has 0 unspecified atom stereocenters. The van der Waals surface area contributed by atoms with E-state index >= 15 is 0 Å². The molecule has 22 heavy (non-hydrogen) atoms. The van der Waals surface area contributed by atoms with E-state index in [-0.39, 0.29) is 11.3 Å². The predicted molar refractivity (Wildman–Crippen MR) is 76.5 cm³/mol. The van der Waals surface area contributed by atoms with Crippen LogP contribution in [0.1, 0.15) is 21.7 Å². The summed E-state index contributed by atoms with van der Waals surface area (Å²) < 4.78 is 1.17. The van der Waals surface area contributed by atoms with Gasteiger partial charge in [-0.15, -0.1) is 0 Å². The Balaban J connectivity index is 2.73. The van der Waals surface area contributed by atoms with Crippen molar-refractivity contribution < 1.29 is 14.6 Å². The molecular weight excluding hydrogens is 316 g/mol. The highest BCUT2D eigenvalue weighted by molar-refractivity contribution is 6.68. The first kappa shape index (κ1) is 15.6. The highest BCUT2D eigenvalue weighted by atomic mass is 35.5. The van der Waals surface area contributed by atoms with Gasteiger partial charge in [-0.3, -0.25) is 25.0 Å². The molecule has 0 fully saturated rings. The summed E-state index contributed by atoms with van der Waals surface area (Å²) >= 11 is 5.47. The molecule has 10 heteroatoms. The first-order valence-electron chi connectivity index (χ1n) is 5.93. The van der Waals surface area contributed by atoms with Gasteiger partial charge in [0.15, 0.2) is 0 Å². The van der Waals surface area contributed by atoms with Crippen molar-refractivity contribution in [3.63, 3.8) is 0 Å². The van der Waals surface area contributed by atoms with Crippen molar-refractivity contribution in [2.75, 3.05) is 0 Å². The zero-order valence-corrected chi connectivity index (χ0v) is 12.2. The number of non-ortho nitro benzene ring substituents is 1. The number of hydrogen-bond donors (Lipinski definition) is 0. The number of aromatic nitrogens is 2. The number of nitro benzene ring substituents is 2. The zero-order valence-electron chi connectivity index (χ0n) is 11.4. The molecule has 0 saturated heterocycles. The fourth-order valence-electron chi connectivity index (χ4n) is 2.11. The maximum atomic E-state index is 11.4. The minimum absolute atomic E-state index is 0.0142. The van der Waals surface area contributed by atoms with Gasteiger partial charge in [-0.25, -0.2) is 4.68 Å². The monoisotopic (exact) mass is 324 g/mol. The highest BCUT2D eigenvalue weighted by Crippen LogP contribution is 2.29. The number of carbonyl (C=O) groups excluding carboxylic acids is 1. The minimum atomic E-state index is -0.749. The van der Waals surface area contributed by atoms with Crippen LogP contribution in [0, 0.1) is 34.1 Å². The van der Waals surface area contributed by atoms with Gasteiger partial charge >= 0.3 is 5.69 Å². The number of aryl methyl sites for hydroxylation is 1. The van der Waals surface area contributed by atoms with E-state index in [1.165, 1.54) is 24.6 Å². The molecule has 0 saturated carbocycles. The van der Waals surface area contributed by atoms with Crippen molar-refractivity contribution in [3.8, 4) is 5.69 Å². The first-order valence-corrected chi connectivity index (χ1v) is 6.31. The van der Waals surface area contributed by atoms with Crippen LogP contribution in [0.2, 0.25) is 0 Å². The summed E-state index contributed by atoms with van der Waals surface area (Å²) in [6, 6.07) is 3.17. The summed E-state index contributed by atoms with van der Waals surface area (Å²) in [7, 11) is 0. The SMILES string of the molecule is Cc1nn(-c2ccc([N+](=O)[O-])cc2[N+](=O)[O-])c(C)c1C(=O)Cl. The van der Waals surface area contributed by atoms with Crippen LogP contribution in [0.15, 0.2) is 18.2 Å². The van der Waals surface area contributed by atoms with E-state index in [0.717, 1.165) is 12.1 Å². The van der Waals surface area contributed by atoms with Crippen molar-refractivity contribution >= 4 is 28.2 Å². The van der Waals surface area contributed by atoms with Crippen LogP contribution in [-0.4, -0.2) is 24.9 Å². The van der Waals surface area contributed by atoms with Gasteiger partial charge in [0, 0.05) is 6.07 Å². The lowest BCUT2D eigenvalue weighted by molar-refractivity contribution is -0.394. The van der Waals surface area contributed by atoms with Gasteiger partial charge in [-0.1, -0.05) is 0 Å². The Morgan fingerprint density at radius 1 is 1.23 bits per heavy atom. The van der Waals surface area contributed by atoms with Crippen LogP contribution in [0.25, 0.3) is 5.69 Å². The van der Waals surface area contributed by atoms with Gasteiger partial charge in [-0.2, -0.15) is 5.10 Å². The number of halogens is 1. The fraction of sp³-hybridized carbons (Fsp3) is 0.167. The summed E-state index contributed by atoms with van der Waals surface area (Å²) in [5.74, 6) is 0. The van der Waals surface area contributed by atoms with Crippen LogP contribution < -0.4 is 0 Å². The average molecular weight is 325 g/mol. The van der Waals surface area contributed by atoms with Gasteiger partial charge in [0.25, 0.3) is 10.9 Å². The van der Waals surface area contributed by atoms with Crippen molar-refractivity contribution in [2.24, 2.45) is 0 Å². The fourth-order valence-corrected chi connectivity index (χ4v) is 2.39. The van der Waals surface area contributed by atoms with Crippen LogP contribution in [0.4, 0.5) is 11.4 Å². The van der Waals surface area contributed by atoms with Crippen LogP contribution in [-0.2, 0) is 0 Å². The van der Waals surface area contributed by atoms with E-state index in [2.05, 4.69) is 5.10 Å². The Morgan fingerprint density at radius 2 is 1.86 bits per heavy atom. The summed E-state index contributed by atoms with van der Waals surface area (Å²) in [6.45, 7) is 3.07. The molecule has 1 aromatic heterocycles. The van der Waals surface area contributed by atoms with Gasteiger partial charge in [0.2, 0.25) is 0 Å². The molecule has 0 N–H and O–H groups in total. The van der Waals surface area contributed by atoms with Gasteiger partial charge in [0.1, 0.15) is 5.69 Å². The van der Waals surface area contributed by atoms with Gasteiger partial charge in [0.05, 0.1) is 32.9 Å². The van der Waals surface area contributed by atoms with Crippen LogP contribution >= 0.6 is 11.6 Å². The minimum Gasteiger partial charge on any atom is -0.275 e. The first-order chi connectivity index (χ1) is 10.2. The quantitative estimate of drug-likeness (QED) is 0.484. The number of nitro groups is 2. The van der Waals surface area contributed by atoms with E-state index in [1.807, 2.05) is 0 Å². The molecule has 0 aliphatic carbocycles. The topological polar surface area (TPSA) is 121 Å². The summed E-state index contributed by atoms with van der Waals surface area (Å²) in [4.78, 5) is 31.8. The molecule has 1 aromatic carbocycles. The Labute approximate surface area is 128 Å². The van der Waals surface area contributed by atoms with Crippen molar-refractivity contribution in [3.05, 3.63) is 55.4 Å². The van der Waals surface area contributed by atoms with Gasteiger partial charge < -0.3 is 0 Å². The Kier molecular flexibility index (Phi) is 3.91. The van der Waals surface area contributed by atoms with E-state index in [4.69, 9.17) is 11.6 Å². The maximum absolute atomic E-state index is 11.4. The number of nitrogens with zero attached hydrogens (tertiary/aromatic N) is 4. The highest BCUT2D eigenvalue weighted by Gasteiger charge is 2.25. The molecule has 9 nitrogen and oxygen atoms in total. The number of carbonyl (C=O) groups is 1. The molecule has 0 aliphatic rings. The Morgan fingerprint density at radius 3 is 2.32 bits per heavy atom. The third-order valence-electron chi connectivity index (χ3n) is 3.08. The second kappa shape index (κ2) is 5.53. The predicted octanol–water partition coefficient (Wildman–Crippen LogP) is 2.68. The second-order valence-corrected chi connectivity index (χ2v) is 4.76. The van der Waals surface area contributed by atoms with E-state index in [9.17, 15) is 25.0 Å². The zero-order chi connectivity index (χ0) is 16.6. The van der Waals surface area contributed by atoms with Crippen LogP contribution in [0.3, 0.4) is 0 Å². The molecule has 0 atom stereocenters. The number of hydrogen-bond acceptors (Lipinski definition) is 6. The van der Waals surface area contributed by atoms with E-state index in [1.54, 1.807) is 0 Å². The Bertz CT molecular complexity index is 814. The maximum Gasteiger partial charge on any atom is 0.301 e. The van der Waals surface area contributed by atoms with Crippen molar-refractivity contribution in [1.29, 1.82) is 0 Å². The van der Waals surface area contributed by atoms with Crippen LogP contribution in [0.5, 0.6) is 0 Å². The molecule has 2 aromatic rings. The molecule has 1 heterocycles. The lowest BCUT2D eigenvalue weighted by Crippen LogP contribution is -2.05. The third-order valence-corrected chi connectivity index (χ3v) is 3.27. The van der Waals surface area contributed by atoms with Crippen molar-refractivity contribution in [1.82, 2.24) is 9.78 Å². The normalized spacial score (nSPS) is 10.5. The molecule has 0 aliphatic heterocycles. The average Bonchev–Trinajstić information content (AvgIpc) is 2.72. The largest absolute Gasteiger partial charge is 0.301 e. The smallest absolute Gasteiger partial charge is 0.275 e. The molecule has 2 rings (SSSR count). The third kappa shape index (κ3) is 2.53. The molecule has 0 bridgehead atoms. The second-order valence-electron chi connectivity index (χ2n) is 4.42.